The van der Waals surface area contributed by atoms with Crippen LogP contribution in [-0.4, -0.2) is 42.7 Å². The van der Waals surface area contributed by atoms with Gasteiger partial charge in [0.1, 0.15) is 5.75 Å². The van der Waals surface area contributed by atoms with Gasteiger partial charge in [0, 0.05) is 37.0 Å². The average molecular weight is 263 g/mol. The number of hydrogen-bond donors (Lipinski definition) is 1. The maximum absolute atomic E-state index is 5.31. The summed E-state index contributed by atoms with van der Waals surface area (Å²) in [6, 6.07) is 4.66. The van der Waals surface area contributed by atoms with Crippen LogP contribution in [0.1, 0.15) is 31.2 Å². The lowest BCUT2D eigenvalue weighted by atomic mass is 10.2. The zero-order valence-corrected chi connectivity index (χ0v) is 12.3. The number of aromatic nitrogens is 1. The molecule has 0 bridgehead atoms. The zero-order chi connectivity index (χ0) is 13.7. The molecule has 1 aliphatic rings. The van der Waals surface area contributed by atoms with Crippen LogP contribution in [0.5, 0.6) is 5.75 Å². The molecule has 19 heavy (non-hydrogen) atoms. The monoisotopic (exact) mass is 263 g/mol. The fourth-order valence-corrected chi connectivity index (χ4v) is 2.66. The second kappa shape index (κ2) is 6.87. The highest BCUT2D eigenvalue weighted by Crippen LogP contribution is 2.15. The van der Waals surface area contributed by atoms with Gasteiger partial charge in [-0.15, -0.1) is 0 Å². The van der Waals surface area contributed by atoms with Crippen LogP contribution in [-0.2, 0) is 6.54 Å². The van der Waals surface area contributed by atoms with E-state index in [1.807, 2.05) is 19.1 Å². The highest BCUT2D eigenvalue weighted by atomic mass is 16.5. The lowest BCUT2D eigenvalue weighted by Gasteiger charge is -2.24. The Morgan fingerprint density at radius 3 is 2.95 bits per heavy atom. The third-order valence-corrected chi connectivity index (χ3v) is 3.69. The van der Waals surface area contributed by atoms with E-state index in [2.05, 4.69) is 22.1 Å². The Balaban J connectivity index is 1.98. The zero-order valence-electron chi connectivity index (χ0n) is 12.3. The van der Waals surface area contributed by atoms with Gasteiger partial charge in [0.25, 0.3) is 0 Å². The van der Waals surface area contributed by atoms with Crippen LogP contribution in [0.3, 0.4) is 0 Å². The minimum Gasteiger partial charge on any atom is -0.497 e. The molecule has 4 heteroatoms. The van der Waals surface area contributed by atoms with E-state index in [1.165, 1.54) is 19.4 Å². The first kappa shape index (κ1) is 14.3. The van der Waals surface area contributed by atoms with Crippen molar-refractivity contribution in [2.75, 3.05) is 26.7 Å². The van der Waals surface area contributed by atoms with Crippen molar-refractivity contribution in [3.63, 3.8) is 0 Å². The number of aryl methyl sites for hydroxylation is 1. The lowest BCUT2D eigenvalue weighted by molar-refractivity contribution is 0.250. The van der Waals surface area contributed by atoms with Crippen molar-refractivity contribution in [3.05, 3.63) is 23.5 Å². The van der Waals surface area contributed by atoms with Gasteiger partial charge in [-0.05, 0) is 32.9 Å². The van der Waals surface area contributed by atoms with E-state index in [0.29, 0.717) is 6.04 Å². The summed E-state index contributed by atoms with van der Waals surface area (Å²) >= 11 is 0. The molecular weight excluding hydrogens is 238 g/mol. The van der Waals surface area contributed by atoms with Crippen LogP contribution in [0.25, 0.3) is 0 Å². The van der Waals surface area contributed by atoms with Crippen molar-refractivity contribution in [3.8, 4) is 5.75 Å². The second-order valence-electron chi connectivity index (χ2n) is 5.26. The predicted molar refractivity (Wildman–Crippen MR) is 77.5 cm³/mol. The SMILES string of the molecule is CCN(Cc1cc(OC)cc(C)n1)CC1CCCN1. The molecule has 106 valence electrons. The molecule has 4 nitrogen and oxygen atoms in total. The molecule has 1 fully saturated rings. The first-order valence-corrected chi connectivity index (χ1v) is 7.18. The minimum absolute atomic E-state index is 0.645. The Morgan fingerprint density at radius 1 is 1.47 bits per heavy atom. The predicted octanol–water partition coefficient (Wildman–Crippen LogP) is 1.97. The molecule has 0 aliphatic carbocycles. The van der Waals surface area contributed by atoms with Gasteiger partial charge >= 0.3 is 0 Å². The average Bonchev–Trinajstić information content (AvgIpc) is 2.90. The molecule has 1 saturated heterocycles. The van der Waals surface area contributed by atoms with Crippen molar-refractivity contribution >= 4 is 0 Å². The van der Waals surface area contributed by atoms with Gasteiger partial charge in [0.15, 0.2) is 0 Å². The van der Waals surface area contributed by atoms with Crippen LogP contribution in [0.4, 0.5) is 0 Å². The summed E-state index contributed by atoms with van der Waals surface area (Å²) < 4.78 is 5.31. The van der Waals surface area contributed by atoms with Gasteiger partial charge in [-0.25, -0.2) is 0 Å². The number of rotatable bonds is 6. The highest BCUT2D eigenvalue weighted by molar-refractivity contribution is 5.26. The Bertz CT molecular complexity index is 402. The third-order valence-electron chi connectivity index (χ3n) is 3.69. The van der Waals surface area contributed by atoms with Crippen molar-refractivity contribution in [1.82, 2.24) is 15.2 Å². The fourth-order valence-electron chi connectivity index (χ4n) is 2.66. The lowest BCUT2D eigenvalue weighted by Crippen LogP contribution is -2.37. The first-order valence-electron chi connectivity index (χ1n) is 7.18. The standard InChI is InChI=1S/C15H25N3O/c1-4-18(10-13-6-5-7-16-13)11-14-9-15(19-3)8-12(2)17-14/h8-9,13,16H,4-7,10-11H2,1-3H3. The van der Waals surface area contributed by atoms with Crippen molar-refractivity contribution < 1.29 is 4.74 Å². The largest absolute Gasteiger partial charge is 0.497 e. The first-order chi connectivity index (χ1) is 9.21. The molecule has 0 amide bonds. The van der Waals surface area contributed by atoms with Crippen LogP contribution in [0, 0.1) is 6.92 Å². The smallest absolute Gasteiger partial charge is 0.122 e. The summed E-state index contributed by atoms with van der Waals surface area (Å²) in [5.74, 6) is 0.901. The van der Waals surface area contributed by atoms with Crippen LogP contribution in [0.2, 0.25) is 0 Å². The molecule has 0 radical (unpaired) electrons. The molecule has 1 aliphatic heterocycles. The molecule has 1 atom stereocenters. The van der Waals surface area contributed by atoms with E-state index in [0.717, 1.165) is 36.8 Å². The molecule has 1 N–H and O–H groups in total. The number of methoxy groups -OCH3 is 1. The molecule has 1 unspecified atom stereocenters. The maximum atomic E-state index is 5.31. The fraction of sp³-hybridized carbons (Fsp3) is 0.667. The molecule has 0 aromatic carbocycles. The van der Waals surface area contributed by atoms with Gasteiger partial charge in [-0.2, -0.15) is 0 Å². The Kier molecular flexibility index (Phi) is 5.16. The number of ether oxygens (including phenoxy) is 1. The van der Waals surface area contributed by atoms with E-state index >= 15 is 0 Å². The van der Waals surface area contributed by atoms with Gasteiger partial charge in [0.2, 0.25) is 0 Å². The number of pyridine rings is 1. The number of nitrogens with one attached hydrogen (secondary N) is 1. The normalized spacial score (nSPS) is 19.1. The summed E-state index contributed by atoms with van der Waals surface area (Å²) in [5.41, 5.74) is 2.11. The van der Waals surface area contributed by atoms with Crippen LogP contribution >= 0.6 is 0 Å². The highest BCUT2D eigenvalue weighted by Gasteiger charge is 2.17. The van der Waals surface area contributed by atoms with Gasteiger partial charge < -0.3 is 10.1 Å². The Labute approximate surface area is 116 Å². The maximum Gasteiger partial charge on any atom is 0.122 e. The summed E-state index contributed by atoms with van der Waals surface area (Å²) in [4.78, 5) is 7.05. The number of likely N-dealkylation sites (N-methyl/N-ethyl adjacent to an activating group) is 1. The van der Waals surface area contributed by atoms with Crippen molar-refractivity contribution in [1.29, 1.82) is 0 Å². The molecule has 1 aromatic rings. The summed E-state index contributed by atoms with van der Waals surface area (Å²) in [5, 5.41) is 3.55. The van der Waals surface area contributed by atoms with Crippen LogP contribution in [0.15, 0.2) is 12.1 Å². The Morgan fingerprint density at radius 2 is 2.32 bits per heavy atom. The van der Waals surface area contributed by atoms with E-state index < -0.39 is 0 Å². The van der Waals surface area contributed by atoms with Crippen molar-refractivity contribution in [2.45, 2.75) is 39.3 Å². The summed E-state index contributed by atoms with van der Waals surface area (Å²) in [6.45, 7) is 8.44. The summed E-state index contributed by atoms with van der Waals surface area (Å²) in [6.07, 6.45) is 2.60. The van der Waals surface area contributed by atoms with Crippen LogP contribution < -0.4 is 10.1 Å². The molecular formula is C15H25N3O. The van der Waals surface area contributed by atoms with Gasteiger partial charge in [0.05, 0.1) is 12.8 Å². The van der Waals surface area contributed by atoms with E-state index in [4.69, 9.17) is 4.74 Å². The topological polar surface area (TPSA) is 37.4 Å². The van der Waals surface area contributed by atoms with E-state index in [9.17, 15) is 0 Å². The second-order valence-corrected chi connectivity index (χ2v) is 5.26. The number of nitrogens with zero attached hydrogens (tertiary/aromatic N) is 2. The van der Waals surface area contributed by atoms with E-state index in [-0.39, 0.29) is 0 Å². The molecule has 0 saturated carbocycles. The van der Waals surface area contributed by atoms with E-state index in [1.54, 1.807) is 7.11 Å². The van der Waals surface area contributed by atoms with Gasteiger partial charge in [-0.1, -0.05) is 6.92 Å². The minimum atomic E-state index is 0.645. The summed E-state index contributed by atoms with van der Waals surface area (Å²) in [7, 11) is 1.71. The molecule has 0 spiro atoms. The molecule has 2 heterocycles. The molecule has 2 rings (SSSR count). The molecule has 1 aromatic heterocycles. The third kappa shape index (κ3) is 4.18. The quantitative estimate of drug-likeness (QED) is 0.851. The Hall–Kier alpha value is -1.13. The number of hydrogen-bond acceptors (Lipinski definition) is 4. The van der Waals surface area contributed by atoms with Gasteiger partial charge in [-0.3, -0.25) is 9.88 Å². The van der Waals surface area contributed by atoms with Crippen molar-refractivity contribution in [2.24, 2.45) is 0 Å².